The second-order valence-corrected chi connectivity index (χ2v) is 6.91. The van der Waals surface area contributed by atoms with Crippen LogP contribution in [0.1, 0.15) is 12.8 Å². The van der Waals surface area contributed by atoms with Crippen molar-refractivity contribution in [3.8, 4) is 5.75 Å². The highest BCUT2D eigenvalue weighted by atomic mass is 16.5. The Morgan fingerprint density at radius 3 is 2.44 bits per heavy atom. The summed E-state index contributed by atoms with van der Waals surface area (Å²) in [7, 11) is 3.39. The van der Waals surface area contributed by atoms with Gasteiger partial charge in [0.1, 0.15) is 5.75 Å². The van der Waals surface area contributed by atoms with Gasteiger partial charge in [-0.15, -0.1) is 0 Å². The molecule has 138 valence electrons. The highest BCUT2D eigenvalue weighted by Crippen LogP contribution is 2.33. The van der Waals surface area contributed by atoms with E-state index >= 15 is 0 Å². The molecular weight excluding hydrogens is 318 g/mol. The molecule has 1 N–H and O–H groups in total. The van der Waals surface area contributed by atoms with Crippen molar-refractivity contribution in [2.75, 3.05) is 65.0 Å². The first-order chi connectivity index (χ1) is 12.2. The smallest absolute Gasteiger partial charge is 0.231 e. The molecule has 1 aromatic rings. The van der Waals surface area contributed by atoms with E-state index in [9.17, 15) is 4.79 Å². The molecule has 0 aromatic heterocycles. The fourth-order valence-electron chi connectivity index (χ4n) is 3.98. The third-order valence-electron chi connectivity index (χ3n) is 5.43. The fraction of sp³-hybridized carbons (Fsp3) is 0.632. The first-order valence-electron chi connectivity index (χ1n) is 9.07. The molecule has 1 amide bonds. The Bertz CT molecular complexity index is 574. The topological polar surface area (TPSA) is 54.0 Å². The standard InChI is InChI=1S/C19H29N3O3/c1-24-15-19(7-9-20-10-8-19)18(23)22-13-11-21(12-14-22)16-5-3-4-6-17(16)25-2/h3-6,20H,7-15H2,1-2H3. The molecule has 0 unspecified atom stereocenters. The zero-order valence-electron chi connectivity index (χ0n) is 15.3. The summed E-state index contributed by atoms with van der Waals surface area (Å²) in [5.41, 5.74) is 0.748. The van der Waals surface area contributed by atoms with Crippen LogP contribution in [0, 0.1) is 5.41 Å². The molecule has 1 aromatic carbocycles. The van der Waals surface area contributed by atoms with Crippen LogP contribution < -0.4 is 15.0 Å². The lowest BCUT2D eigenvalue weighted by Gasteiger charge is -2.43. The van der Waals surface area contributed by atoms with E-state index in [4.69, 9.17) is 9.47 Å². The monoisotopic (exact) mass is 347 g/mol. The van der Waals surface area contributed by atoms with E-state index in [0.717, 1.165) is 63.5 Å². The Labute approximate surface area is 150 Å². The van der Waals surface area contributed by atoms with Gasteiger partial charge in [-0.3, -0.25) is 4.79 Å². The first-order valence-corrected chi connectivity index (χ1v) is 9.07. The lowest BCUT2D eigenvalue weighted by atomic mass is 9.78. The van der Waals surface area contributed by atoms with Crippen LogP contribution in [0.2, 0.25) is 0 Å². The number of carbonyl (C=O) groups is 1. The van der Waals surface area contributed by atoms with Gasteiger partial charge in [0.2, 0.25) is 5.91 Å². The van der Waals surface area contributed by atoms with Crippen LogP contribution in [0.15, 0.2) is 24.3 Å². The molecule has 2 aliphatic heterocycles. The van der Waals surface area contributed by atoms with Gasteiger partial charge in [0.15, 0.2) is 0 Å². The van der Waals surface area contributed by atoms with E-state index in [1.54, 1.807) is 14.2 Å². The van der Waals surface area contributed by atoms with Crippen molar-refractivity contribution in [1.29, 1.82) is 0 Å². The number of hydrogen-bond donors (Lipinski definition) is 1. The van der Waals surface area contributed by atoms with Crippen LogP contribution in [0.25, 0.3) is 0 Å². The van der Waals surface area contributed by atoms with Crippen LogP contribution in [-0.4, -0.2) is 70.9 Å². The van der Waals surface area contributed by atoms with E-state index in [-0.39, 0.29) is 11.3 Å². The quantitative estimate of drug-likeness (QED) is 0.872. The van der Waals surface area contributed by atoms with Crippen molar-refractivity contribution in [3.05, 3.63) is 24.3 Å². The Kier molecular flexibility index (Phi) is 5.81. The second-order valence-electron chi connectivity index (χ2n) is 6.91. The van der Waals surface area contributed by atoms with Gasteiger partial charge in [0, 0.05) is 33.3 Å². The summed E-state index contributed by atoms with van der Waals surface area (Å²) >= 11 is 0. The van der Waals surface area contributed by atoms with Crippen LogP contribution >= 0.6 is 0 Å². The largest absolute Gasteiger partial charge is 0.495 e. The summed E-state index contributed by atoms with van der Waals surface area (Å²) in [6.07, 6.45) is 1.71. The van der Waals surface area contributed by atoms with Gasteiger partial charge in [0.05, 0.1) is 24.8 Å². The van der Waals surface area contributed by atoms with Crippen LogP contribution in [0.5, 0.6) is 5.75 Å². The number of methoxy groups -OCH3 is 2. The SMILES string of the molecule is COCC1(C(=O)N2CCN(c3ccccc3OC)CC2)CCNCC1. The number of benzene rings is 1. The molecule has 0 saturated carbocycles. The van der Waals surface area contributed by atoms with Gasteiger partial charge >= 0.3 is 0 Å². The Balaban J connectivity index is 1.66. The highest BCUT2D eigenvalue weighted by molar-refractivity contribution is 5.83. The summed E-state index contributed by atoms with van der Waals surface area (Å²) in [5.74, 6) is 1.15. The zero-order chi connectivity index (χ0) is 17.7. The van der Waals surface area contributed by atoms with Crippen molar-refractivity contribution >= 4 is 11.6 Å². The molecule has 3 rings (SSSR count). The summed E-state index contributed by atoms with van der Waals surface area (Å²) in [5, 5.41) is 3.35. The number of amides is 1. The number of para-hydroxylation sites is 2. The van der Waals surface area contributed by atoms with Gasteiger partial charge in [0.25, 0.3) is 0 Å². The Hall–Kier alpha value is -1.79. The van der Waals surface area contributed by atoms with E-state index in [2.05, 4.69) is 16.3 Å². The number of ether oxygens (including phenoxy) is 2. The number of rotatable bonds is 5. The minimum atomic E-state index is -0.355. The molecule has 2 fully saturated rings. The minimum Gasteiger partial charge on any atom is -0.495 e. The summed E-state index contributed by atoms with van der Waals surface area (Å²) in [6.45, 7) is 5.43. The normalized spacial score (nSPS) is 20.4. The molecule has 6 nitrogen and oxygen atoms in total. The Morgan fingerprint density at radius 1 is 1.12 bits per heavy atom. The number of hydrogen-bond acceptors (Lipinski definition) is 5. The third-order valence-corrected chi connectivity index (χ3v) is 5.43. The lowest BCUT2D eigenvalue weighted by molar-refractivity contribution is -0.147. The molecule has 0 aliphatic carbocycles. The molecule has 2 aliphatic rings. The number of carbonyl (C=O) groups excluding carboxylic acids is 1. The zero-order valence-corrected chi connectivity index (χ0v) is 15.3. The van der Waals surface area contributed by atoms with E-state index < -0.39 is 0 Å². The van der Waals surface area contributed by atoms with Crippen molar-refractivity contribution in [3.63, 3.8) is 0 Å². The summed E-state index contributed by atoms with van der Waals surface area (Å²) < 4.78 is 10.9. The number of anilines is 1. The lowest BCUT2D eigenvalue weighted by Crippen LogP contribution is -2.56. The molecule has 2 saturated heterocycles. The predicted octanol–water partition coefficient (Wildman–Crippen LogP) is 1.36. The van der Waals surface area contributed by atoms with Crippen LogP contribution in [-0.2, 0) is 9.53 Å². The highest BCUT2D eigenvalue weighted by Gasteiger charge is 2.42. The number of nitrogens with one attached hydrogen (secondary N) is 1. The number of nitrogens with zero attached hydrogens (tertiary/aromatic N) is 2. The predicted molar refractivity (Wildman–Crippen MR) is 98.2 cm³/mol. The van der Waals surface area contributed by atoms with Crippen molar-refractivity contribution in [2.24, 2.45) is 5.41 Å². The van der Waals surface area contributed by atoms with Gasteiger partial charge in [-0.05, 0) is 38.1 Å². The van der Waals surface area contributed by atoms with E-state index in [0.29, 0.717) is 6.61 Å². The molecule has 25 heavy (non-hydrogen) atoms. The summed E-state index contributed by atoms with van der Waals surface area (Å²) in [4.78, 5) is 17.5. The molecule has 6 heteroatoms. The number of piperazine rings is 1. The maximum Gasteiger partial charge on any atom is 0.231 e. The average Bonchev–Trinajstić information content (AvgIpc) is 2.68. The van der Waals surface area contributed by atoms with Gasteiger partial charge in [-0.1, -0.05) is 12.1 Å². The van der Waals surface area contributed by atoms with Crippen LogP contribution in [0.3, 0.4) is 0 Å². The molecule has 0 bridgehead atoms. The van der Waals surface area contributed by atoms with Gasteiger partial charge in [-0.25, -0.2) is 0 Å². The van der Waals surface area contributed by atoms with Crippen molar-refractivity contribution in [1.82, 2.24) is 10.2 Å². The summed E-state index contributed by atoms with van der Waals surface area (Å²) in [6, 6.07) is 8.07. The molecule has 0 spiro atoms. The first kappa shape index (κ1) is 18.0. The molecule has 0 radical (unpaired) electrons. The van der Waals surface area contributed by atoms with Crippen LogP contribution in [0.4, 0.5) is 5.69 Å². The fourth-order valence-corrected chi connectivity index (χ4v) is 3.98. The Morgan fingerprint density at radius 2 is 1.80 bits per heavy atom. The molecular formula is C19H29N3O3. The molecule has 2 heterocycles. The third kappa shape index (κ3) is 3.75. The molecule has 0 atom stereocenters. The maximum atomic E-state index is 13.2. The number of piperidine rings is 1. The minimum absolute atomic E-state index is 0.260. The maximum absolute atomic E-state index is 13.2. The second kappa shape index (κ2) is 8.06. The van der Waals surface area contributed by atoms with E-state index in [1.165, 1.54) is 0 Å². The van der Waals surface area contributed by atoms with Gasteiger partial charge < -0.3 is 24.6 Å². The van der Waals surface area contributed by atoms with Gasteiger partial charge in [-0.2, -0.15) is 0 Å². The van der Waals surface area contributed by atoms with E-state index in [1.807, 2.05) is 23.1 Å². The van der Waals surface area contributed by atoms with Crippen molar-refractivity contribution < 1.29 is 14.3 Å². The van der Waals surface area contributed by atoms with Crippen molar-refractivity contribution in [2.45, 2.75) is 12.8 Å². The average molecular weight is 347 g/mol.